The Labute approximate surface area is 394 Å². The van der Waals surface area contributed by atoms with Gasteiger partial charge in [-0.25, -0.2) is 0 Å². The van der Waals surface area contributed by atoms with Crippen LogP contribution in [0.3, 0.4) is 0 Å². The molecule has 0 radical (unpaired) electrons. The van der Waals surface area contributed by atoms with Crippen LogP contribution in [-0.2, 0) is 32.1 Å². The number of ether oxygens (including phenoxy) is 6. The second-order valence-corrected chi connectivity index (χ2v) is 17.7. The van der Waals surface area contributed by atoms with E-state index < -0.39 is 0 Å². The Morgan fingerprint density at radius 3 is 0.818 bits per heavy atom. The van der Waals surface area contributed by atoms with E-state index in [4.69, 9.17) is 28.4 Å². The predicted molar refractivity (Wildman–Crippen MR) is 272 cm³/mol. The quantitative estimate of drug-likeness (QED) is 0.0964. The average Bonchev–Trinajstić information content (AvgIpc) is 3.27. The normalized spacial score (nSPS) is 10.8. The second-order valence-electron chi connectivity index (χ2n) is 17.7. The zero-order valence-electron chi connectivity index (χ0n) is 41.5. The molecule has 0 unspecified atom stereocenters. The minimum absolute atomic E-state index is 0.700. The summed E-state index contributed by atoms with van der Waals surface area (Å²) >= 11 is 0. The standard InChI is InChI=1S/C35H40O4.C25H28O2/c1-22-9-11-32(36-5)26(13-22)19-28-15-24(3)17-30(34(28)38-7)21-31-18-25(4)16-29(35(31)39-8)20-27-14-23(2)10-12-33(27)37-6;1-17-7-6-8-20(11-17)15-22-13-19(3)14-23(25(22)27-5)16-21-12-18(2)9-10-24(21)26-4/h9-18H,19-21H2,1-8H3;6-14H,15-16H2,1-5H3. The van der Waals surface area contributed by atoms with Crippen LogP contribution in [-0.4, -0.2) is 42.7 Å². The van der Waals surface area contributed by atoms with Crippen molar-refractivity contribution >= 4 is 0 Å². The van der Waals surface area contributed by atoms with E-state index in [9.17, 15) is 0 Å². The summed E-state index contributed by atoms with van der Waals surface area (Å²) in [6.45, 7) is 14.9. The SMILES string of the molecule is COc1ccc(C)cc1Cc1cc(C)cc(Cc2cc(C)cc(Cc3cc(C)ccc3OC)c2OC)c1OC.COc1ccc(C)cc1Cc1cc(C)cc(Cc2cccc(C)c2)c1OC. The van der Waals surface area contributed by atoms with Crippen LogP contribution in [0.1, 0.15) is 94.6 Å². The first-order valence-electron chi connectivity index (χ1n) is 22.7. The number of methoxy groups -OCH3 is 6. The predicted octanol–water partition coefficient (Wildman–Crippen LogP) is 13.5. The molecule has 6 heteroatoms. The maximum absolute atomic E-state index is 6.05. The van der Waals surface area contributed by atoms with E-state index >= 15 is 0 Å². The maximum atomic E-state index is 6.05. The van der Waals surface area contributed by atoms with Gasteiger partial charge in [-0.3, -0.25) is 0 Å². The molecule has 7 aromatic carbocycles. The van der Waals surface area contributed by atoms with Crippen LogP contribution >= 0.6 is 0 Å². The van der Waals surface area contributed by atoms with Crippen molar-refractivity contribution in [3.05, 3.63) is 210 Å². The second kappa shape index (κ2) is 22.5. The summed E-state index contributed by atoms with van der Waals surface area (Å²) in [7, 11) is 10.5. The van der Waals surface area contributed by atoms with Crippen molar-refractivity contribution in [2.45, 2.75) is 80.6 Å². The molecule has 0 heterocycles. The van der Waals surface area contributed by atoms with Crippen molar-refractivity contribution in [3.63, 3.8) is 0 Å². The maximum Gasteiger partial charge on any atom is 0.125 e. The Balaban J connectivity index is 0.000000233. The molecule has 0 aliphatic carbocycles. The molecule has 0 saturated carbocycles. The van der Waals surface area contributed by atoms with Gasteiger partial charge in [0, 0.05) is 32.1 Å². The number of benzene rings is 7. The number of rotatable bonds is 16. The van der Waals surface area contributed by atoms with Crippen LogP contribution < -0.4 is 28.4 Å². The molecule has 0 aliphatic rings. The van der Waals surface area contributed by atoms with E-state index in [1.807, 2.05) is 18.2 Å². The van der Waals surface area contributed by atoms with Gasteiger partial charge in [-0.2, -0.15) is 0 Å². The Morgan fingerprint density at radius 2 is 0.530 bits per heavy atom. The van der Waals surface area contributed by atoms with E-state index in [0.29, 0.717) is 6.42 Å². The molecule has 6 nitrogen and oxygen atoms in total. The summed E-state index contributed by atoms with van der Waals surface area (Å²) in [5.41, 5.74) is 20.4. The van der Waals surface area contributed by atoms with Crippen LogP contribution in [0.4, 0.5) is 0 Å². The summed E-state index contributed by atoms with van der Waals surface area (Å²) in [6, 6.07) is 40.9. The van der Waals surface area contributed by atoms with Crippen molar-refractivity contribution in [2.75, 3.05) is 42.7 Å². The fourth-order valence-electron chi connectivity index (χ4n) is 9.36. The van der Waals surface area contributed by atoms with Gasteiger partial charge in [-0.1, -0.05) is 136 Å². The van der Waals surface area contributed by atoms with Crippen LogP contribution in [0.25, 0.3) is 0 Å². The highest BCUT2D eigenvalue weighted by molar-refractivity contribution is 5.55. The summed E-state index contributed by atoms with van der Waals surface area (Å²) in [6.07, 6.45) is 3.81. The lowest BCUT2D eigenvalue weighted by Gasteiger charge is -2.20. The summed E-state index contributed by atoms with van der Waals surface area (Å²) in [5, 5.41) is 0. The largest absolute Gasteiger partial charge is 0.496 e. The topological polar surface area (TPSA) is 55.4 Å². The molecule has 7 rings (SSSR count). The molecule has 0 atom stereocenters. The monoisotopic (exact) mass is 885 g/mol. The molecule has 344 valence electrons. The van der Waals surface area contributed by atoms with Gasteiger partial charge in [0.25, 0.3) is 0 Å². The Hall–Kier alpha value is -6.66. The van der Waals surface area contributed by atoms with Gasteiger partial charge in [-0.05, 0) is 122 Å². The molecule has 0 saturated heterocycles. The number of aryl methyl sites for hydroxylation is 7. The van der Waals surface area contributed by atoms with Gasteiger partial charge in [-0.15, -0.1) is 0 Å². The molecule has 66 heavy (non-hydrogen) atoms. The van der Waals surface area contributed by atoms with Gasteiger partial charge >= 0.3 is 0 Å². The van der Waals surface area contributed by atoms with Crippen molar-refractivity contribution in [1.82, 2.24) is 0 Å². The van der Waals surface area contributed by atoms with Gasteiger partial charge < -0.3 is 28.4 Å². The van der Waals surface area contributed by atoms with Crippen molar-refractivity contribution < 1.29 is 28.4 Å². The minimum atomic E-state index is 0.700. The van der Waals surface area contributed by atoms with Gasteiger partial charge in [0.15, 0.2) is 0 Å². The third-order valence-electron chi connectivity index (χ3n) is 12.1. The Morgan fingerprint density at radius 1 is 0.258 bits per heavy atom. The van der Waals surface area contributed by atoms with Gasteiger partial charge in [0.2, 0.25) is 0 Å². The van der Waals surface area contributed by atoms with E-state index in [2.05, 4.69) is 146 Å². The molecular weight excluding hydrogens is 817 g/mol. The van der Waals surface area contributed by atoms with E-state index in [0.717, 1.165) is 93.6 Å². The molecule has 0 aliphatic heterocycles. The summed E-state index contributed by atoms with van der Waals surface area (Å²) < 4.78 is 34.9. The first kappa shape index (κ1) is 48.8. The van der Waals surface area contributed by atoms with Crippen LogP contribution in [0.15, 0.2) is 115 Å². The summed E-state index contributed by atoms with van der Waals surface area (Å²) in [5.74, 6) is 5.50. The lowest BCUT2D eigenvalue weighted by molar-refractivity contribution is 0.398. The molecular formula is C60H68O6. The lowest BCUT2D eigenvalue weighted by atomic mass is 9.91. The van der Waals surface area contributed by atoms with Crippen molar-refractivity contribution in [2.24, 2.45) is 0 Å². The molecule has 7 aromatic rings. The lowest BCUT2D eigenvalue weighted by Crippen LogP contribution is -2.05. The fourth-order valence-corrected chi connectivity index (χ4v) is 9.36. The van der Waals surface area contributed by atoms with E-state index in [-0.39, 0.29) is 0 Å². The Bertz CT molecular complexity index is 2670. The molecule has 0 amide bonds. The fraction of sp³-hybridized carbons (Fsp3) is 0.300. The van der Waals surface area contributed by atoms with Crippen molar-refractivity contribution in [1.29, 1.82) is 0 Å². The van der Waals surface area contributed by atoms with Gasteiger partial charge in [0.05, 0.1) is 42.7 Å². The molecule has 0 bridgehead atoms. The number of hydrogen-bond acceptors (Lipinski definition) is 6. The molecule has 0 spiro atoms. The highest BCUT2D eigenvalue weighted by atomic mass is 16.5. The van der Waals surface area contributed by atoms with Gasteiger partial charge in [0.1, 0.15) is 34.5 Å². The average molecular weight is 885 g/mol. The summed E-state index contributed by atoms with van der Waals surface area (Å²) in [4.78, 5) is 0. The Kier molecular flexibility index (Phi) is 16.6. The van der Waals surface area contributed by atoms with Crippen molar-refractivity contribution in [3.8, 4) is 34.5 Å². The zero-order chi connectivity index (χ0) is 47.5. The zero-order valence-corrected chi connectivity index (χ0v) is 41.5. The molecule has 0 aromatic heterocycles. The minimum Gasteiger partial charge on any atom is -0.496 e. The highest BCUT2D eigenvalue weighted by Gasteiger charge is 2.19. The smallest absolute Gasteiger partial charge is 0.125 e. The highest BCUT2D eigenvalue weighted by Crippen LogP contribution is 2.37. The first-order chi connectivity index (χ1) is 31.7. The first-order valence-corrected chi connectivity index (χ1v) is 22.7. The third-order valence-corrected chi connectivity index (χ3v) is 12.1. The van der Waals surface area contributed by atoms with Crippen LogP contribution in [0.2, 0.25) is 0 Å². The molecule has 0 fully saturated rings. The molecule has 0 N–H and O–H groups in total. The van der Waals surface area contributed by atoms with E-state index in [1.54, 1.807) is 42.7 Å². The third kappa shape index (κ3) is 12.2. The van der Waals surface area contributed by atoms with E-state index in [1.165, 1.54) is 61.2 Å². The number of hydrogen-bond donors (Lipinski definition) is 0. The van der Waals surface area contributed by atoms with Crippen LogP contribution in [0.5, 0.6) is 34.5 Å². The van der Waals surface area contributed by atoms with Crippen LogP contribution in [0, 0.1) is 48.5 Å².